The summed E-state index contributed by atoms with van der Waals surface area (Å²) in [6.07, 6.45) is 3.77. The molecule has 0 spiro atoms. The molecule has 1 nitrogen and oxygen atoms in total. The first kappa shape index (κ1) is 9.07. The molecule has 1 heterocycles. The van der Waals surface area contributed by atoms with Crippen LogP contribution >= 0.6 is 0 Å². The zero-order valence-electron chi connectivity index (χ0n) is 8.36. The summed E-state index contributed by atoms with van der Waals surface area (Å²) < 4.78 is 5.30. The molecule has 14 heavy (non-hydrogen) atoms. The molecular weight excluding hydrogens is 172 g/mol. The Hall–Kier alpha value is -1.50. The van der Waals surface area contributed by atoms with Gasteiger partial charge in [-0.3, -0.25) is 0 Å². The number of benzene rings is 1. The average molecular weight is 186 g/mol. The minimum atomic E-state index is 0.984. The van der Waals surface area contributed by atoms with Gasteiger partial charge in [-0.25, -0.2) is 0 Å². The molecule has 0 aliphatic carbocycles. The predicted molar refractivity (Wildman–Crippen MR) is 57.3 cm³/mol. The van der Waals surface area contributed by atoms with Crippen LogP contribution in [0.4, 0.5) is 0 Å². The third-order valence-electron chi connectivity index (χ3n) is 2.48. The molecule has 0 radical (unpaired) electrons. The van der Waals surface area contributed by atoms with Crippen LogP contribution in [0.25, 0.3) is 0 Å². The standard InChI is InChI=1S/C13H14O/c1-11-5-2-3-6-12(11)8-9-13-7-4-10-14-13/h2-7,10H,8-9H2,1H3. The molecule has 2 rings (SSSR count). The Kier molecular flexibility index (Phi) is 2.68. The lowest BCUT2D eigenvalue weighted by Crippen LogP contribution is -1.92. The SMILES string of the molecule is Cc1ccccc1CCc1ccco1. The maximum Gasteiger partial charge on any atom is 0.104 e. The topological polar surface area (TPSA) is 13.1 Å². The predicted octanol–water partition coefficient (Wildman–Crippen LogP) is 3.37. The molecule has 0 N–H and O–H groups in total. The monoisotopic (exact) mass is 186 g/mol. The van der Waals surface area contributed by atoms with Gasteiger partial charge in [0.25, 0.3) is 0 Å². The summed E-state index contributed by atoms with van der Waals surface area (Å²) in [6.45, 7) is 2.15. The van der Waals surface area contributed by atoms with E-state index in [0.717, 1.165) is 18.6 Å². The maximum absolute atomic E-state index is 5.30. The molecule has 0 amide bonds. The Bertz CT molecular complexity index is 387. The summed E-state index contributed by atoms with van der Waals surface area (Å²) >= 11 is 0. The molecule has 0 aliphatic rings. The van der Waals surface area contributed by atoms with Crippen molar-refractivity contribution in [1.29, 1.82) is 0 Å². The van der Waals surface area contributed by atoms with E-state index in [9.17, 15) is 0 Å². The van der Waals surface area contributed by atoms with Crippen molar-refractivity contribution in [3.63, 3.8) is 0 Å². The van der Waals surface area contributed by atoms with E-state index in [1.54, 1.807) is 6.26 Å². The zero-order chi connectivity index (χ0) is 9.80. The first-order valence-corrected chi connectivity index (χ1v) is 4.93. The first-order chi connectivity index (χ1) is 6.86. The van der Waals surface area contributed by atoms with Crippen LogP contribution in [0.2, 0.25) is 0 Å². The van der Waals surface area contributed by atoms with Crippen LogP contribution in [0.5, 0.6) is 0 Å². The van der Waals surface area contributed by atoms with Gasteiger partial charge < -0.3 is 4.42 Å². The molecule has 0 saturated carbocycles. The van der Waals surface area contributed by atoms with E-state index in [1.165, 1.54) is 11.1 Å². The smallest absolute Gasteiger partial charge is 0.104 e. The maximum atomic E-state index is 5.30. The van der Waals surface area contributed by atoms with Gasteiger partial charge in [0.2, 0.25) is 0 Å². The van der Waals surface area contributed by atoms with Crippen molar-refractivity contribution < 1.29 is 4.42 Å². The summed E-state index contributed by atoms with van der Waals surface area (Å²) in [5, 5.41) is 0. The van der Waals surface area contributed by atoms with E-state index in [2.05, 4.69) is 31.2 Å². The summed E-state index contributed by atoms with van der Waals surface area (Å²) in [5.41, 5.74) is 2.77. The highest BCUT2D eigenvalue weighted by molar-refractivity contribution is 5.26. The molecule has 0 bridgehead atoms. The molecule has 2 aromatic rings. The van der Waals surface area contributed by atoms with Crippen molar-refractivity contribution in [1.82, 2.24) is 0 Å². The van der Waals surface area contributed by atoms with Gasteiger partial charge in [-0.15, -0.1) is 0 Å². The van der Waals surface area contributed by atoms with Crippen LogP contribution in [0.3, 0.4) is 0 Å². The third kappa shape index (κ3) is 2.05. The van der Waals surface area contributed by atoms with Crippen LogP contribution in [0.15, 0.2) is 47.1 Å². The second-order valence-electron chi connectivity index (χ2n) is 3.51. The molecule has 0 aliphatic heterocycles. The Labute approximate surface area is 84.4 Å². The van der Waals surface area contributed by atoms with E-state index >= 15 is 0 Å². The van der Waals surface area contributed by atoms with Crippen LogP contribution in [-0.4, -0.2) is 0 Å². The summed E-state index contributed by atoms with van der Waals surface area (Å²) in [7, 11) is 0. The van der Waals surface area contributed by atoms with E-state index in [-0.39, 0.29) is 0 Å². The van der Waals surface area contributed by atoms with Crippen LogP contribution in [0.1, 0.15) is 16.9 Å². The fourth-order valence-corrected chi connectivity index (χ4v) is 1.60. The molecule has 1 aromatic heterocycles. The molecule has 0 atom stereocenters. The molecule has 1 aromatic carbocycles. The Morgan fingerprint density at radius 3 is 2.57 bits per heavy atom. The van der Waals surface area contributed by atoms with Crippen LogP contribution in [-0.2, 0) is 12.8 Å². The van der Waals surface area contributed by atoms with Crippen molar-refractivity contribution in [2.24, 2.45) is 0 Å². The number of aryl methyl sites for hydroxylation is 3. The third-order valence-corrected chi connectivity index (χ3v) is 2.48. The highest BCUT2D eigenvalue weighted by Gasteiger charge is 1.99. The lowest BCUT2D eigenvalue weighted by Gasteiger charge is -2.03. The Morgan fingerprint density at radius 2 is 1.86 bits per heavy atom. The number of furan rings is 1. The van der Waals surface area contributed by atoms with E-state index in [0.29, 0.717) is 0 Å². The molecule has 1 heteroatoms. The zero-order valence-corrected chi connectivity index (χ0v) is 8.36. The summed E-state index contributed by atoms with van der Waals surface area (Å²) in [4.78, 5) is 0. The number of hydrogen-bond donors (Lipinski definition) is 0. The second kappa shape index (κ2) is 4.14. The van der Waals surface area contributed by atoms with Gasteiger partial charge in [-0.05, 0) is 36.6 Å². The Balaban J connectivity index is 2.02. The molecule has 0 saturated heterocycles. The fraction of sp³-hybridized carbons (Fsp3) is 0.231. The minimum absolute atomic E-state index is 0.984. The van der Waals surface area contributed by atoms with Gasteiger partial charge in [-0.2, -0.15) is 0 Å². The fourth-order valence-electron chi connectivity index (χ4n) is 1.60. The minimum Gasteiger partial charge on any atom is -0.469 e. The highest BCUT2D eigenvalue weighted by atomic mass is 16.3. The molecule has 0 fully saturated rings. The van der Waals surface area contributed by atoms with Crippen LogP contribution in [0, 0.1) is 6.92 Å². The molecule has 72 valence electrons. The second-order valence-corrected chi connectivity index (χ2v) is 3.51. The van der Waals surface area contributed by atoms with Gasteiger partial charge in [0.1, 0.15) is 5.76 Å². The lowest BCUT2D eigenvalue weighted by molar-refractivity contribution is 0.508. The number of rotatable bonds is 3. The van der Waals surface area contributed by atoms with Crippen molar-refractivity contribution in [2.45, 2.75) is 19.8 Å². The normalized spacial score (nSPS) is 10.4. The van der Waals surface area contributed by atoms with Crippen molar-refractivity contribution in [2.75, 3.05) is 0 Å². The highest BCUT2D eigenvalue weighted by Crippen LogP contribution is 2.11. The molecule has 0 unspecified atom stereocenters. The quantitative estimate of drug-likeness (QED) is 0.716. The first-order valence-electron chi connectivity index (χ1n) is 4.93. The lowest BCUT2D eigenvalue weighted by atomic mass is 10.0. The van der Waals surface area contributed by atoms with E-state index < -0.39 is 0 Å². The van der Waals surface area contributed by atoms with Crippen molar-refractivity contribution in [3.05, 3.63) is 59.5 Å². The summed E-state index contributed by atoms with van der Waals surface area (Å²) in [5.74, 6) is 1.06. The van der Waals surface area contributed by atoms with Crippen LogP contribution < -0.4 is 0 Å². The van der Waals surface area contributed by atoms with Gasteiger partial charge in [0, 0.05) is 6.42 Å². The van der Waals surface area contributed by atoms with Gasteiger partial charge >= 0.3 is 0 Å². The molecular formula is C13H14O. The Morgan fingerprint density at radius 1 is 1.00 bits per heavy atom. The summed E-state index contributed by atoms with van der Waals surface area (Å²) in [6, 6.07) is 12.5. The van der Waals surface area contributed by atoms with Crippen molar-refractivity contribution >= 4 is 0 Å². The van der Waals surface area contributed by atoms with E-state index in [1.807, 2.05) is 12.1 Å². The van der Waals surface area contributed by atoms with Gasteiger partial charge in [-0.1, -0.05) is 24.3 Å². The van der Waals surface area contributed by atoms with Crippen molar-refractivity contribution in [3.8, 4) is 0 Å². The van der Waals surface area contributed by atoms with E-state index in [4.69, 9.17) is 4.42 Å². The average Bonchev–Trinajstić information content (AvgIpc) is 2.69. The van der Waals surface area contributed by atoms with Gasteiger partial charge in [0.05, 0.1) is 6.26 Å². The largest absolute Gasteiger partial charge is 0.469 e. The number of hydrogen-bond acceptors (Lipinski definition) is 1. The van der Waals surface area contributed by atoms with Gasteiger partial charge in [0.15, 0.2) is 0 Å².